The number of rotatable bonds is 4. The molecule has 3 heteroatoms. The van der Waals surface area contributed by atoms with E-state index in [0.29, 0.717) is 13.0 Å². The zero-order chi connectivity index (χ0) is 18.0. The van der Waals surface area contributed by atoms with Crippen molar-refractivity contribution in [2.45, 2.75) is 26.8 Å². The van der Waals surface area contributed by atoms with Crippen LogP contribution in [0, 0.1) is 17.3 Å². The Labute approximate surface area is 148 Å². The van der Waals surface area contributed by atoms with Crippen molar-refractivity contribution in [1.82, 2.24) is 5.32 Å². The van der Waals surface area contributed by atoms with Crippen LogP contribution in [0.25, 0.3) is 0 Å². The Kier molecular flexibility index (Phi) is 4.61. The fraction of sp³-hybridized carbons (Fsp3) is 0.318. The summed E-state index contributed by atoms with van der Waals surface area (Å²) in [5.74, 6) is -0.202. The molecule has 1 N–H and O–H groups in total. The minimum atomic E-state index is -0.488. The molecule has 2 aliphatic carbocycles. The lowest BCUT2D eigenvalue weighted by molar-refractivity contribution is -0.119. The highest BCUT2D eigenvalue weighted by Gasteiger charge is 2.55. The van der Waals surface area contributed by atoms with Gasteiger partial charge < -0.3 is 5.32 Å². The second-order valence-electron chi connectivity index (χ2n) is 6.87. The Morgan fingerprint density at radius 2 is 2.08 bits per heavy atom. The topological polar surface area (TPSA) is 46.2 Å². The Bertz CT molecular complexity index is 812. The molecule has 0 aliphatic heterocycles. The number of hydrogen-bond acceptors (Lipinski definition) is 3. The number of hydrogen-bond donors (Lipinski definition) is 1. The smallest absolute Gasteiger partial charge is 0.164 e. The Morgan fingerprint density at radius 3 is 2.76 bits per heavy atom. The molecule has 3 atom stereocenters. The summed E-state index contributed by atoms with van der Waals surface area (Å²) in [6.07, 6.45) is 5.69. The maximum atomic E-state index is 13.0. The second kappa shape index (κ2) is 6.70. The number of benzene rings is 1. The molecule has 0 spiro atoms. The first-order valence-corrected chi connectivity index (χ1v) is 8.61. The number of nitrogens with one attached hydrogen (secondary N) is 1. The summed E-state index contributed by atoms with van der Waals surface area (Å²) in [5, 5.41) is 3.37. The molecule has 1 aromatic carbocycles. The molecule has 3 nitrogen and oxygen atoms in total. The van der Waals surface area contributed by atoms with E-state index in [1.165, 1.54) is 0 Å². The maximum absolute atomic E-state index is 13.0. The molecule has 0 bridgehead atoms. The summed E-state index contributed by atoms with van der Waals surface area (Å²) in [6, 6.07) is 10.1. The Hall–Kier alpha value is -2.64. The summed E-state index contributed by atoms with van der Waals surface area (Å²) in [4.78, 5) is 25.0. The lowest BCUT2D eigenvalue weighted by Gasteiger charge is -2.34. The molecule has 0 saturated heterocycles. The van der Waals surface area contributed by atoms with Gasteiger partial charge in [-0.3, -0.25) is 9.59 Å². The molecule has 128 valence electrons. The third kappa shape index (κ3) is 2.92. The fourth-order valence-electron chi connectivity index (χ4n) is 4.05. The van der Waals surface area contributed by atoms with Crippen molar-refractivity contribution in [3.05, 3.63) is 77.7 Å². The van der Waals surface area contributed by atoms with E-state index in [9.17, 15) is 9.59 Å². The van der Waals surface area contributed by atoms with E-state index in [0.717, 1.165) is 16.8 Å². The van der Waals surface area contributed by atoms with E-state index in [1.54, 1.807) is 6.08 Å². The minimum absolute atomic E-state index is 0.0633. The largest absolute Gasteiger partial charge is 0.384 e. The van der Waals surface area contributed by atoms with Gasteiger partial charge in [0.15, 0.2) is 11.6 Å². The average Bonchev–Trinajstić information content (AvgIpc) is 2.82. The summed E-state index contributed by atoms with van der Waals surface area (Å²) in [6.45, 7) is 8.20. The average molecular weight is 333 g/mol. The van der Waals surface area contributed by atoms with Crippen molar-refractivity contribution < 1.29 is 9.59 Å². The predicted molar refractivity (Wildman–Crippen MR) is 98.5 cm³/mol. The highest BCUT2D eigenvalue weighted by molar-refractivity contribution is 6.05. The first kappa shape index (κ1) is 17.2. The van der Waals surface area contributed by atoms with Crippen molar-refractivity contribution in [2.24, 2.45) is 17.3 Å². The third-order valence-corrected chi connectivity index (χ3v) is 5.48. The van der Waals surface area contributed by atoms with Gasteiger partial charge in [-0.05, 0) is 24.6 Å². The van der Waals surface area contributed by atoms with Gasteiger partial charge in [0.05, 0.1) is 0 Å². The number of ketones is 2. The van der Waals surface area contributed by atoms with Crippen molar-refractivity contribution in [3.8, 4) is 0 Å². The second-order valence-corrected chi connectivity index (χ2v) is 6.87. The van der Waals surface area contributed by atoms with Crippen molar-refractivity contribution in [1.29, 1.82) is 0 Å². The van der Waals surface area contributed by atoms with E-state index < -0.39 is 5.41 Å². The molecule has 1 saturated carbocycles. The van der Waals surface area contributed by atoms with Gasteiger partial charge in [0.1, 0.15) is 0 Å². The summed E-state index contributed by atoms with van der Waals surface area (Å²) in [5.41, 5.74) is 5.11. The van der Waals surface area contributed by atoms with E-state index in [2.05, 4.69) is 17.6 Å². The van der Waals surface area contributed by atoms with Gasteiger partial charge in [0.25, 0.3) is 0 Å². The quantitative estimate of drug-likeness (QED) is 0.674. The Morgan fingerprint density at radius 1 is 1.36 bits per heavy atom. The van der Waals surface area contributed by atoms with E-state index in [-0.39, 0.29) is 23.4 Å². The molecule has 0 heterocycles. The van der Waals surface area contributed by atoms with E-state index >= 15 is 0 Å². The zero-order valence-corrected chi connectivity index (χ0v) is 14.7. The molecule has 0 amide bonds. The molecule has 0 radical (unpaired) electrons. The Balaban J connectivity index is 1.97. The minimum Gasteiger partial charge on any atom is -0.384 e. The van der Waals surface area contributed by atoms with Crippen LogP contribution in [0.1, 0.15) is 25.8 Å². The normalized spacial score (nSPS) is 29.8. The zero-order valence-electron chi connectivity index (χ0n) is 14.7. The molecule has 1 fully saturated rings. The van der Waals surface area contributed by atoms with E-state index in [4.69, 9.17) is 0 Å². The number of Topliss-reactive ketones (excluding diaryl/α,β-unsaturated/α-hetero) is 1. The van der Waals surface area contributed by atoms with E-state index in [1.807, 2.05) is 56.3 Å². The monoisotopic (exact) mass is 333 g/mol. The van der Waals surface area contributed by atoms with Crippen molar-refractivity contribution in [2.75, 3.05) is 0 Å². The summed E-state index contributed by atoms with van der Waals surface area (Å²) < 4.78 is 0. The van der Waals surface area contributed by atoms with Crippen LogP contribution in [0.15, 0.2) is 72.1 Å². The van der Waals surface area contributed by atoms with Crippen LogP contribution in [0.5, 0.6) is 0 Å². The first-order chi connectivity index (χ1) is 12.0. The van der Waals surface area contributed by atoms with Crippen LogP contribution < -0.4 is 5.32 Å². The molecule has 25 heavy (non-hydrogen) atoms. The standard InChI is InChI=1S/C22H23NO2/c1-4-11-22-12-10-18(24)13-19(22)20(21(25)15(22)2)16(3)23-14-17-8-6-5-7-9-17/h5-12,15,19,23H,1,13-14H2,2-3H3/b20-16-/t15-,19+,22+/m1/s1. The van der Waals surface area contributed by atoms with Crippen LogP contribution in [0.2, 0.25) is 0 Å². The molecular formula is C22H23NO2. The van der Waals surface area contributed by atoms with Gasteiger partial charge >= 0.3 is 0 Å². The van der Waals surface area contributed by atoms with Crippen LogP contribution in [0.3, 0.4) is 0 Å². The van der Waals surface area contributed by atoms with Gasteiger partial charge in [-0.1, -0.05) is 49.9 Å². The number of carbonyl (C=O) groups is 2. The fourth-order valence-corrected chi connectivity index (χ4v) is 4.05. The van der Waals surface area contributed by atoms with Crippen LogP contribution in [0.4, 0.5) is 0 Å². The molecule has 3 rings (SSSR count). The molecule has 2 aliphatic rings. The van der Waals surface area contributed by atoms with Crippen LogP contribution >= 0.6 is 0 Å². The van der Waals surface area contributed by atoms with Gasteiger partial charge in [-0.2, -0.15) is 0 Å². The molecule has 0 unspecified atom stereocenters. The molecule has 0 aromatic heterocycles. The number of carbonyl (C=O) groups excluding carboxylic acids is 2. The van der Waals surface area contributed by atoms with Gasteiger partial charge in [-0.15, -0.1) is 5.73 Å². The molecule has 1 aromatic rings. The van der Waals surface area contributed by atoms with Crippen molar-refractivity contribution in [3.63, 3.8) is 0 Å². The lowest BCUT2D eigenvalue weighted by Crippen LogP contribution is -2.32. The number of fused-ring (bicyclic) bond motifs is 1. The number of allylic oxidation sites excluding steroid dienone is 5. The predicted octanol–water partition coefficient (Wildman–Crippen LogP) is 3.74. The lowest BCUT2D eigenvalue weighted by atomic mass is 9.67. The van der Waals surface area contributed by atoms with Gasteiger partial charge in [0, 0.05) is 41.5 Å². The van der Waals surface area contributed by atoms with Crippen LogP contribution in [-0.2, 0) is 16.1 Å². The van der Waals surface area contributed by atoms with Gasteiger partial charge in [-0.25, -0.2) is 0 Å². The van der Waals surface area contributed by atoms with Crippen LogP contribution in [-0.4, -0.2) is 11.6 Å². The van der Waals surface area contributed by atoms with Crippen molar-refractivity contribution >= 4 is 11.6 Å². The maximum Gasteiger partial charge on any atom is 0.164 e. The van der Waals surface area contributed by atoms with Gasteiger partial charge in [0.2, 0.25) is 0 Å². The summed E-state index contributed by atoms with van der Waals surface area (Å²) >= 11 is 0. The summed E-state index contributed by atoms with van der Waals surface area (Å²) in [7, 11) is 0. The highest BCUT2D eigenvalue weighted by Crippen LogP contribution is 2.54. The molecular weight excluding hydrogens is 310 g/mol. The SMILES string of the molecule is C=C=C[C@@]12C=CC(=O)C[C@H]1/C(=C(\C)NCc1ccccc1)C(=O)[C@H]2C. The third-order valence-electron chi connectivity index (χ3n) is 5.48. The highest BCUT2D eigenvalue weighted by atomic mass is 16.1. The first-order valence-electron chi connectivity index (χ1n) is 8.61.